The first-order chi connectivity index (χ1) is 9.79. The van der Waals surface area contributed by atoms with Crippen molar-refractivity contribution in [2.45, 2.75) is 34.1 Å². The van der Waals surface area contributed by atoms with E-state index in [9.17, 15) is 4.79 Å². The highest BCUT2D eigenvalue weighted by atomic mass is 79.9. The second-order valence-corrected chi connectivity index (χ2v) is 7.51. The lowest BCUT2D eigenvalue weighted by molar-refractivity contribution is -0.117. The average Bonchev–Trinajstić information content (AvgIpc) is 2.41. The van der Waals surface area contributed by atoms with E-state index >= 15 is 0 Å². The zero-order chi connectivity index (χ0) is 15.6. The van der Waals surface area contributed by atoms with E-state index in [1.807, 2.05) is 36.4 Å². The number of nitrogens with one attached hydrogen (secondary N) is 1. The van der Waals surface area contributed by atoms with Crippen molar-refractivity contribution >= 4 is 38.3 Å². The van der Waals surface area contributed by atoms with Crippen LogP contribution in [0.5, 0.6) is 0 Å². The lowest BCUT2D eigenvalue weighted by atomic mass is 9.80. The third kappa shape index (κ3) is 3.85. The Balaban J connectivity index is 2.21. The fourth-order valence-electron chi connectivity index (χ4n) is 2.16. The van der Waals surface area contributed by atoms with E-state index in [1.165, 1.54) is 0 Å². The van der Waals surface area contributed by atoms with Crippen molar-refractivity contribution in [1.82, 2.24) is 0 Å². The second-order valence-electron chi connectivity index (χ2n) is 6.66. The quantitative estimate of drug-likeness (QED) is 0.767. The number of anilines is 1. The first kappa shape index (κ1) is 16.0. The summed E-state index contributed by atoms with van der Waals surface area (Å²) in [7, 11) is 0. The molecule has 0 radical (unpaired) electrons. The maximum Gasteiger partial charge on any atom is 0.224 e. The Morgan fingerprint density at radius 2 is 1.76 bits per heavy atom. The molecule has 0 aromatic heterocycles. The van der Waals surface area contributed by atoms with E-state index < -0.39 is 0 Å². The van der Waals surface area contributed by atoms with Gasteiger partial charge in [0, 0.05) is 22.0 Å². The van der Waals surface area contributed by atoms with Crippen molar-refractivity contribution in [3.8, 4) is 0 Å². The van der Waals surface area contributed by atoms with Gasteiger partial charge in [0.05, 0.1) is 0 Å². The second kappa shape index (κ2) is 6.18. The summed E-state index contributed by atoms with van der Waals surface area (Å²) in [6, 6.07) is 12.0. The molecule has 112 valence electrons. The van der Waals surface area contributed by atoms with Gasteiger partial charge in [0.2, 0.25) is 5.91 Å². The first-order valence-electron chi connectivity index (χ1n) is 7.26. The number of fused-ring (bicyclic) bond motifs is 1. The van der Waals surface area contributed by atoms with Crippen LogP contribution in [0, 0.1) is 11.3 Å². The SMILES string of the molecule is CC(CC(=O)Nc1ccc(Br)c2ccccc12)C(C)(C)C. The Morgan fingerprint density at radius 3 is 2.38 bits per heavy atom. The van der Waals surface area contributed by atoms with Gasteiger partial charge in [-0.1, -0.05) is 67.9 Å². The molecule has 0 aliphatic heterocycles. The van der Waals surface area contributed by atoms with Crippen LogP contribution in [0.25, 0.3) is 10.8 Å². The molecule has 2 aromatic carbocycles. The Kier molecular flexibility index (Phi) is 4.72. The molecule has 1 atom stereocenters. The zero-order valence-corrected chi connectivity index (χ0v) is 14.6. The minimum absolute atomic E-state index is 0.0740. The fraction of sp³-hybridized carbons (Fsp3) is 0.389. The molecule has 21 heavy (non-hydrogen) atoms. The van der Waals surface area contributed by atoms with E-state index in [1.54, 1.807) is 0 Å². The Labute approximate surface area is 135 Å². The fourth-order valence-corrected chi connectivity index (χ4v) is 2.63. The molecule has 0 heterocycles. The standard InChI is InChI=1S/C18H22BrNO/c1-12(18(2,3)4)11-17(21)20-16-10-9-15(19)13-7-5-6-8-14(13)16/h5-10,12H,11H2,1-4H3,(H,20,21). The van der Waals surface area contributed by atoms with E-state index in [-0.39, 0.29) is 11.3 Å². The zero-order valence-electron chi connectivity index (χ0n) is 13.0. The Hall–Kier alpha value is -1.35. The molecule has 2 nitrogen and oxygen atoms in total. The van der Waals surface area contributed by atoms with E-state index in [0.717, 1.165) is 20.9 Å². The maximum absolute atomic E-state index is 12.3. The van der Waals surface area contributed by atoms with Gasteiger partial charge in [-0.3, -0.25) is 4.79 Å². The number of hydrogen-bond acceptors (Lipinski definition) is 1. The maximum atomic E-state index is 12.3. The number of halogens is 1. The molecular weight excluding hydrogens is 326 g/mol. The Morgan fingerprint density at radius 1 is 1.14 bits per heavy atom. The van der Waals surface area contributed by atoms with E-state index in [4.69, 9.17) is 0 Å². The average molecular weight is 348 g/mol. The normalized spacial score (nSPS) is 13.2. The molecule has 0 saturated heterocycles. The molecular formula is C18H22BrNO. The largest absolute Gasteiger partial charge is 0.326 e. The Bertz CT molecular complexity index is 658. The summed E-state index contributed by atoms with van der Waals surface area (Å²) in [6.45, 7) is 8.62. The summed E-state index contributed by atoms with van der Waals surface area (Å²) in [5, 5.41) is 5.22. The van der Waals surface area contributed by atoms with Gasteiger partial charge in [-0.15, -0.1) is 0 Å². The number of amides is 1. The lowest BCUT2D eigenvalue weighted by Crippen LogP contribution is -2.24. The van der Waals surface area contributed by atoms with Crippen molar-refractivity contribution in [3.05, 3.63) is 40.9 Å². The molecule has 3 heteroatoms. The van der Waals surface area contributed by atoms with Gasteiger partial charge in [-0.25, -0.2) is 0 Å². The minimum atomic E-state index is 0.0740. The predicted molar refractivity (Wildman–Crippen MR) is 93.5 cm³/mol. The van der Waals surface area contributed by atoms with Crippen LogP contribution in [0.15, 0.2) is 40.9 Å². The third-order valence-electron chi connectivity index (χ3n) is 4.11. The highest BCUT2D eigenvalue weighted by Crippen LogP contribution is 2.31. The summed E-state index contributed by atoms with van der Waals surface area (Å²) < 4.78 is 1.04. The van der Waals surface area contributed by atoms with Gasteiger partial charge in [0.1, 0.15) is 0 Å². The minimum Gasteiger partial charge on any atom is -0.326 e. The monoisotopic (exact) mass is 347 g/mol. The van der Waals surface area contributed by atoms with Crippen LogP contribution in [0.3, 0.4) is 0 Å². The summed E-state index contributed by atoms with van der Waals surface area (Å²) in [6.07, 6.45) is 0.536. The molecule has 0 saturated carbocycles. The molecule has 1 amide bonds. The van der Waals surface area contributed by atoms with Crippen molar-refractivity contribution in [2.24, 2.45) is 11.3 Å². The highest BCUT2D eigenvalue weighted by Gasteiger charge is 2.22. The topological polar surface area (TPSA) is 29.1 Å². The number of carbonyl (C=O) groups is 1. The van der Waals surface area contributed by atoms with Gasteiger partial charge in [-0.05, 0) is 28.9 Å². The highest BCUT2D eigenvalue weighted by molar-refractivity contribution is 9.10. The van der Waals surface area contributed by atoms with Crippen LogP contribution in [-0.2, 0) is 4.79 Å². The molecule has 2 rings (SSSR count). The molecule has 0 aliphatic rings. The van der Waals surface area contributed by atoms with Crippen LogP contribution in [0.4, 0.5) is 5.69 Å². The van der Waals surface area contributed by atoms with E-state index in [0.29, 0.717) is 12.3 Å². The van der Waals surface area contributed by atoms with Crippen molar-refractivity contribution < 1.29 is 4.79 Å². The molecule has 1 unspecified atom stereocenters. The van der Waals surface area contributed by atoms with Gasteiger partial charge in [0.15, 0.2) is 0 Å². The van der Waals surface area contributed by atoms with Gasteiger partial charge >= 0.3 is 0 Å². The summed E-state index contributed by atoms with van der Waals surface area (Å²) >= 11 is 3.55. The number of rotatable bonds is 3. The summed E-state index contributed by atoms with van der Waals surface area (Å²) in [5.74, 6) is 0.407. The van der Waals surface area contributed by atoms with Crippen LogP contribution in [-0.4, -0.2) is 5.91 Å². The number of benzene rings is 2. The smallest absolute Gasteiger partial charge is 0.224 e. The van der Waals surface area contributed by atoms with Crippen LogP contribution < -0.4 is 5.32 Å². The lowest BCUT2D eigenvalue weighted by Gasteiger charge is -2.26. The van der Waals surface area contributed by atoms with Crippen molar-refractivity contribution in [2.75, 3.05) is 5.32 Å². The number of carbonyl (C=O) groups excluding carboxylic acids is 1. The molecule has 0 bridgehead atoms. The predicted octanol–water partition coefficient (Wildman–Crippen LogP) is 5.61. The number of hydrogen-bond donors (Lipinski definition) is 1. The van der Waals surface area contributed by atoms with Gasteiger partial charge in [0.25, 0.3) is 0 Å². The van der Waals surface area contributed by atoms with Gasteiger partial charge < -0.3 is 5.32 Å². The van der Waals surface area contributed by atoms with Crippen molar-refractivity contribution in [3.63, 3.8) is 0 Å². The van der Waals surface area contributed by atoms with Gasteiger partial charge in [-0.2, -0.15) is 0 Å². The first-order valence-corrected chi connectivity index (χ1v) is 8.05. The molecule has 0 fully saturated rings. The summed E-state index contributed by atoms with van der Waals surface area (Å²) in [5.41, 5.74) is 1.01. The van der Waals surface area contributed by atoms with E-state index in [2.05, 4.69) is 48.9 Å². The van der Waals surface area contributed by atoms with Crippen LogP contribution in [0.1, 0.15) is 34.1 Å². The molecule has 0 spiro atoms. The third-order valence-corrected chi connectivity index (χ3v) is 4.81. The van der Waals surface area contributed by atoms with Crippen LogP contribution >= 0.6 is 15.9 Å². The van der Waals surface area contributed by atoms with Crippen LogP contribution in [0.2, 0.25) is 0 Å². The van der Waals surface area contributed by atoms with Crippen molar-refractivity contribution in [1.29, 1.82) is 0 Å². The molecule has 0 aliphatic carbocycles. The summed E-state index contributed by atoms with van der Waals surface area (Å²) in [4.78, 5) is 12.3. The molecule has 2 aromatic rings. The molecule has 1 N–H and O–H groups in total.